The number of nitrogens with two attached hydrogens (primary N) is 1. The van der Waals surface area contributed by atoms with Crippen LogP contribution in [0.3, 0.4) is 0 Å². The molecule has 0 saturated heterocycles. The molecule has 11 N–H and O–H groups in total. The molecule has 3 amide bonds. The first-order valence-electron chi connectivity index (χ1n) is 18.9. The Morgan fingerprint density at radius 3 is 2.20 bits per heavy atom. The number of anilines is 1. The predicted molar refractivity (Wildman–Crippen MR) is 220 cm³/mol. The Morgan fingerprint density at radius 1 is 0.953 bits per heavy atom. The van der Waals surface area contributed by atoms with Crippen LogP contribution in [-0.2, 0) is 45.9 Å². The van der Waals surface area contributed by atoms with Gasteiger partial charge in [-0.3, -0.25) is 28.4 Å². The summed E-state index contributed by atoms with van der Waals surface area (Å²) in [5, 5.41) is 32.6. The van der Waals surface area contributed by atoms with Crippen molar-refractivity contribution in [3.05, 3.63) is 65.6 Å². The fourth-order valence-electron chi connectivity index (χ4n) is 5.68. The first kappa shape index (κ1) is 52.0. The van der Waals surface area contributed by atoms with Gasteiger partial charge in [0.2, 0.25) is 21.8 Å². The number of carboxylic acids is 2. The molecule has 0 bridgehead atoms. The van der Waals surface area contributed by atoms with Crippen LogP contribution in [-0.4, -0.2) is 138 Å². The Bertz CT molecular complexity index is 2460. The quantitative estimate of drug-likeness (QED) is 0.0353. The minimum absolute atomic E-state index is 0.0245. The summed E-state index contributed by atoms with van der Waals surface area (Å²) < 4.78 is 98.7. The highest BCUT2D eigenvalue weighted by molar-refractivity contribution is 7.89. The molecular formula is C36H47F3N10O13S2. The number of nitrogens with zero attached hydrogens (tertiary/aromatic N) is 3. The largest absolute Gasteiger partial charge is 0.494 e. The van der Waals surface area contributed by atoms with Crippen molar-refractivity contribution in [1.82, 2.24) is 40.4 Å². The highest BCUT2D eigenvalue weighted by Crippen LogP contribution is 2.26. The van der Waals surface area contributed by atoms with E-state index in [1.54, 1.807) is 41.5 Å². The van der Waals surface area contributed by atoms with E-state index in [-0.39, 0.29) is 60.0 Å². The normalized spacial score (nSPS) is 12.6. The summed E-state index contributed by atoms with van der Waals surface area (Å²) >= 11 is 0. The number of nitrogens with one attached hydrogen (secondary N) is 6. The number of aliphatic carboxylic acids is 2. The second-order valence-electron chi connectivity index (χ2n) is 13.7. The van der Waals surface area contributed by atoms with Crippen molar-refractivity contribution in [2.75, 3.05) is 43.9 Å². The topological polar surface area (TPSA) is 356 Å². The number of aryl methyl sites for hydroxylation is 3. The summed E-state index contributed by atoms with van der Waals surface area (Å²) in [4.78, 5) is 64.8. The van der Waals surface area contributed by atoms with Gasteiger partial charge >= 0.3 is 18.1 Å². The van der Waals surface area contributed by atoms with Crippen LogP contribution in [0.5, 0.6) is 5.75 Å². The molecule has 0 spiro atoms. The predicted octanol–water partition coefficient (Wildman–Crippen LogP) is 0.280. The van der Waals surface area contributed by atoms with Gasteiger partial charge < -0.3 is 46.9 Å². The van der Waals surface area contributed by atoms with E-state index in [0.29, 0.717) is 30.2 Å². The molecule has 0 saturated carbocycles. The maximum atomic E-state index is 13.4. The van der Waals surface area contributed by atoms with Crippen LogP contribution < -0.4 is 36.5 Å². The number of hydrogen-bond acceptors (Lipinski definition) is 14. The Kier molecular flexibility index (Phi) is 19.0. The number of carbonyl (C=O) groups excluding carboxylic acids is 3. The standard InChI is InChI=1S/C34H46N10O11S2.C2HF3O2/c1-21-15-25(55-14-3-5-29(45)36-9-10-37-32(47)26(35)20-56(50,51)52)16-22(2)30(21)57(53,54)43-27(33(48)49)19-41-31(46)23-6-7-28-24(17-23)18-42-44(28)13-4-8-38-34-39-11-12-40-34;3-2(4,5)1(6)7/h6-7,11-12,15-18,26-27,43H,3-5,8-10,13-14,19-20,35H2,1-2H3,(H,36,45)(H,37,47)(H,41,46)(H,48,49)(H2,38,39,40)(H,50,51,52);(H,6,7)/t26-,27-;/m0./s1. The average molecular weight is 949 g/mol. The van der Waals surface area contributed by atoms with Crippen LogP contribution in [0.25, 0.3) is 10.9 Å². The summed E-state index contributed by atoms with van der Waals surface area (Å²) in [5.41, 5.74) is 6.97. The summed E-state index contributed by atoms with van der Waals surface area (Å²) in [7, 11) is -8.81. The molecule has 4 aromatic rings. The Hall–Kier alpha value is -6.36. The number of benzene rings is 2. The number of fused-ring (bicyclic) bond motifs is 1. The number of ether oxygens (including phenoxy) is 1. The van der Waals surface area contributed by atoms with E-state index in [1.807, 2.05) is 0 Å². The van der Waals surface area contributed by atoms with Crippen LogP contribution >= 0.6 is 0 Å². The third-order valence-electron chi connectivity index (χ3n) is 8.54. The zero-order valence-corrected chi connectivity index (χ0v) is 35.8. The van der Waals surface area contributed by atoms with Crippen molar-refractivity contribution >= 4 is 66.7 Å². The molecule has 0 fully saturated rings. The number of carbonyl (C=O) groups is 5. The van der Waals surface area contributed by atoms with Gasteiger partial charge in [0, 0.05) is 62.5 Å². The molecule has 0 unspecified atom stereocenters. The number of imidazole rings is 1. The molecule has 2 aromatic carbocycles. The van der Waals surface area contributed by atoms with Gasteiger partial charge in [-0.2, -0.15) is 31.4 Å². The zero-order chi connectivity index (χ0) is 47.8. The fraction of sp³-hybridized carbons (Fsp3) is 0.417. The van der Waals surface area contributed by atoms with Crippen LogP contribution in [0, 0.1) is 13.8 Å². The van der Waals surface area contributed by atoms with E-state index in [2.05, 4.69) is 41.1 Å². The summed E-state index contributed by atoms with van der Waals surface area (Å²) in [5.74, 6) is -5.96. The van der Waals surface area contributed by atoms with E-state index in [0.717, 1.165) is 11.9 Å². The van der Waals surface area contributed by atoms with Crippen molar-refractivity contribution in [3.63, 3.8) is 0 Å². The average Bonchev–Trinajstić information content (AvgIpc) is 3.87. The van der Waals surface area contributed by atoms with Crippen molar-refractivity contribution in [3.8, 4) is 5.75 Å². The minimum atomic E-state index is -5.08. The summed E-state index contributed by atoms with van der Waals surface area (Å²) in [6.07, 6.45) is 1.00. The van der Waals surface area contributed by atoms with Crippen molar-refractivity contribution < 1.29 is 73.5 Å². The molecule has 0 aliphatic carbocycles. The third kappa shape index (κ3) is 17.1. The molecule has 2 aromatic heterocycles. The van der Waals surface area contributed by atoms with Gasteiger partial charge in [-0.15, -0.1) is 0 Å². The maximum absolute atomic E-state index is 13.4. The highest BCUT2D eigenvalue weighted by Gasteiger charge is 2.38. The van der Waals surface area contributed by atoms with Gasteiger partial charge in [0.05, 0.1) is 29.0 Å². The number of carboxylic acid groups (broad SMARTS) is 2. The number of rotatable bonds is 23. The SMILES string of the molecule is Cc1cc(OCCCC(=O)NCCNC(=O)[C@@H](N)CS(=O)(=O)O)cc(C)c1S(=O)(=O)N[C@@H](CNC(=O)c1ccc2c(cnn2CCCNc2ncc[nH]2)c1)C(=O)O.O=C(O)C(F)(F)F. The molecular weight excluding hydrogens is 902 g/mol. The van der Waals surface area contributed by atoms with Gasteiger partial charge in [-0.1, -0.05) is 0 Å². The van der Waals surface area contributed by atoms with E-state index in [1.165, 1.54) is 26.0 Å². The minimum Gasteiger partial charge on any atom is -0.494 e. The van der Waals surface area contributed by atoms with Gasteiger partial charge in [-0.05, 0) is 68.1 Å². The van der Waals surface area contributed by atoms with E-state index in [4.69, 9.17) is 24.9 Å². The Balaban J connectivity index is 0.00000143. The molecule has 0 radical (unpaired) electrons. The molecule has 23 nitrogen and oxygen atoms in total. The van der Waals surface area contributed by atoms with Crippen LogP contribution in [0.1, 0.15) is 40.7 Å². The van der Waals surface area contributed by atoms with Crippen molar-refractivity contribution in [2.45, 2.75) is 62.8 Å². The number of aromatic amines is 1. The third-order valence-corrected chi connectivity index (χ3v) is 11.1. The molecule has 0 aliphatic heterocycles. The molecule has 28 heteroatoms. The maximum Gasteiger partial charge on any atom is 0.490 e. The van der Waals surface area contributed by atoms with E-state index >= 15 is 0 Å². The molecule has 352 valence electrons. The number of hydrogen-bond donors (Lipinski definition) is 10. The van der Waals surface area contributed by atoms with Crippen molar-refractivity contribution in [1.29, 1.82) is 0 Å². The smallest absolute Gasteiger partial charge is 0.490 e. The Labute approximate surface area is 363 Å². The molecule has 4 rings (SSSR count). The van der Waals surface area contributed by atoms with Crippen LogP contribution in [0.4, 0.5) is 19.1 Å². The van der Waals surface area contributed by atoms with E-state index in [9.17, 15) is 54.3 Å². The Morgan fingerprint density at radius 2 is 1.61 bits per heavy atom. The molecule has 2 atom stereocenters. The van der Waals surface area contributed by atoms with Crippen molar-refractivity contribution in [2.24, 2.45) is 5.73 Å². The van der Waals surface area contributed by atoms with Gasteiger partial charge in [-0.25, -0.2) is 18.2 Å². The number of sulfonamides is 1. The van der Waals surface area contributed by atoms with E-state index < -0.39 is 74.5 Å². The lowest BCUT2D eigenvalue weighted by Gasteiger charge is -2.19. The number of halogens is 3. The van der Waals surface area contributed by atoms with Gasteiger partial charge in [0.15, 0.2) is 5.95 Å². The fourth-order valence-corrected chi connectivity index (χ4v) is 7.92. The van der Waals surface area contributed by atoms with Gasteiger partial charge in [0.1, 0.15) is 17.8 Å². The lowest BCUT2D eigenvalue weighted by atomic mass is 10.1. The summed E-state index contributed by atoms with van der Waals surface area (Å²) in [6.45, 7) is 3.87. The highest BCUT2D eigenvalue weighted by atomic mass is 32.2. The van der Waals surface area contributed by atoms with Crippen LogP contribution in [0.15, 0.2) is 53.8 Å². The lowest BCUT2D eigenvalue weighted by Crippen LogP contribution is -2.48. The second-order valence-corrected chi connectivity index (χ2v) is 16.9. The molecule has 0 aliphatic rings. The number of aromatic nitrogens is 4. The lowest BCUT2D eigenvalue weighted by molar-refractivity contribution is -0.192. The second kappa shape index (κ2) is 23.4. The number of H-pyrrole nitrogens is 1. The summed E-state index contributed by atoms with van der Waals surface area (Å²) in [6, 6.07) is 4.69. The van der Waals surface area contributed by atoms with Crippen LogP contribution in [0.2, 0.25) is 0 Å². The number of amides is 3. The zero-order valence-electron chi connectivity index (χ0n) is 34.1. The molecule has 2 heterocycles. The number of alkyl halides is 3. The first-order valence-corrected chi connectivity index (χ1v) is 22.0. The first-order chi connectivity index (χ1) is 29.9. The monoisotopic (exact) mass is 948 g/mol. The molecule has 64 heavy (non-hydrogen) atoms. The van der Waals surface area contributed by atoms with Gasteiger partial charge in [0.25, 0.3) is 16.0 Å².